The van der Waals surface area contributed by atoms with Crippen molar-refractivity contribution in [1.29, 1.82) is 0 Å². The van der Waals surface area contributed by atoms with Gasteiger partial charge in [-0.25, -0.2) is 4.79 Å². The molecule has 0 aromatic carbocycles. The maximum atomic E-state index is 10.3. The molecule has 16 heavy (non-hydrogen) atoms. The van der Waals surface area contributed by atoms with E-state index in [0.29, 0.717) is 18.6 Å². The number of fused-ring (bicyclic) bond motifs is 1. The molecular weight excluding hydrogens is 204 g/mol. The molecule has 2 unspecified atom stereocenters. The zero-order valence-corrected chi connectivity index (χ0v) is 9.56. The van der Waals surface area contributed by atoms with Gasteiger partial charge in [-0.2, -0.15) is 0 Å². The van der Waals surface area contributed by atoms with Crippen molar-refractivity contribution in [2.75, 3.05) is 19.6 Å². The van der Waals surface area contributed by atoms with Crippen LogP contribution in [0.3, 0.4) is 0 Å². The van der Waals surface area contributed by atoms with Crippen molar-refractivity contribution in [1.82, 2.24) is 10.2 Å². The molecule has 0 amide bonds. The fourth-order valence-corrected chi connectivity index (χ4v) is 2.86. The molecular formula is C12H20N2O2. The Labute approximate surface area is 96.3 Å². The lowest BCUT2D eigenvalue weighted by Crippen LogP contribution is -2.44. The van der Waals surface area contributed by atoms with Crippen LogP contribution in [0.25, 0.3) is 0 Å². The summed E-state index contributed by atoms with van der Waals surface area (Å²) < 4.78 is 0. The highest BCUT2D eigenvalue weighted by atomic mass is 16.4. The molecule has 2 fully saturated rings. The number of hydrogen-bond acceptors (Lipinski definition) is 3. The monoisotopic (exact) mass is 224 g/mol. The van der Waals surface area contributed by atoms with Crippen LogP contribution in [-0.4, -0.2) is 47.7 Å². The van der Waals surface area contributed by atoms with Gasteiger partial charge in [-0.1, -0.05) is 12.5 Å². The van der Waals surface area contributed by atoms with Gasteiger partial charge in [0.15, 0.2) is 0 Å². The van der Waals surface area contributed by atoms with Crippen LogP contribution in [0.2, 0.25) is 0 Å². The fourth-order valence-electron chi connectivity index (χ4n) is 2.86. The normalized spacial score (nSPS) is 30.8. The zero-order valence-electron chi connectivity index (χ0n) is 9.56. The third-order valence-corrected chi connectivity index (χ3v) is 3.61. The molecule has 0 bridgehead atoms. The molecule has 4 heteroatoms. The third kappa shape index (κ3) is 2.83. The molecule has 2 N–H and O–H groups in total. The van der Waals surface area contributed by atoms with E-state index in [1.54, 1.807) is 6.08 Å². The highest BCUT2D eigenvalue weighted by Crippen LogP contribution is 2.26. The second-order valence-electron chi connectivity index (χ2n) is 4.64. The summed E-state index contributed by atoms with van der Waals surface area (Å²) in [6.07, 6.45) is 8.06. The minimum absolute atomic E-state index is 0.554. The van der Waals surface area contributed by atoms with Gasteiger partial charge in [0.05, 0.1) is 0 Å². The zero-order chi connectivity index (χ0) is 11.4. The average Bonchev–Trinajstić information content (AvgIpc) is 2.68. The summed E-state index contributed by atoms with van der Waals surface area (Å²) in [5, 5.41) is 11.9. The van der Waals surface area contributed by atoms with Crippen molar-refractivity contribution in [2.24, 2.45) is 0 Å². The standard InChI is InChI=1S/C12H20N2O2/c15-12(16)5-3-7-13-10-6-9-14-8-2-1-4-11(10)14/h3,5,10-11,13H,1-2,4,6-9H2,(H,15,16)/b5-3+. The average molecular weight is 224 g/mol. The predicted molar refractivity (Wildman–Crippen MR) is 62.4 cm³/mol. The van der Waals surface area contributed by atoms with Crippen molar-refractivity contribution >= 4 is 5.97 Å². The maximum absolute atomic E-state index is 10.3. The Morgan fingerprint density at radius 3 is 3.06 bits per heavy atom. The molecule has 2 saturated heterocycles. The lowest BCUT2D eigenvalue weighted by molar-refractivity contribution is -0.131. The van der Waals surface area contributed by atoms with Gasteiger partial charge in [0.25, 0.3) is 0 Å². The number of piperidine rings is 1. The van der Waals surface area contributed by atoms with E-state index in [1.165, 1.54) is 44.8 Å². The molecule has 0 aromatic heterocycles. The van der Waals surface area contributed by atoms with Gasteiger partial charge in [0, 0.05) is 31.2 Å². The Hall–Kier alpha value is -0.870. The molecule has 2 atom stereocenters. The second-order valence-corrected chi connectivity index (χ2v) is 4.64. The Morgan fingerprint density at radius 1 is 1.38 bits per heavy atom. The van der Waals surface area contributed by atoms with Crippen molar-refractivity contribution in [2.45, 2.75) is 37.8 Å². The van der Waals surface area contributed by atoms with Gasteiger partial charge < -0.3 is 10.4 Å². The SMILES string of the molecule is O=C(O)/C=C/CNC1CCN2CCCCC12. The second kappa shape index (κ2) is 5.46. The molecule has 2 aliphatic rings. The van der Waals surface area contributed by atoms with Crippen molar-refractivity contribution in [3.8, 4) is 0 Å². The highest BCUT2D eigenvalue weighted by molar-refractivity contribution is 5.79. The van der Waals surface area contributed by atoms with Gasteiger partial charge in [-0.15, -0.1) is 0 Å². The van der Waals surface area contributed by atoms with Crippen LogP contribution in [0.15, 0.2) is 12.2 Å². The van der Waals surface area contributed by atoms with E-state index in [-0.39, 0.29) is 0 Å². The first-order valence-corrected chi connectivity index (χ1v) is 6.14. The molecule has 0 radical (unpaired) electrons. The summed E-state index contributed by atoms with van der Waals surface area (Å²) in [5.74, 6) is -0.868. The van der Waals surface area contributed by atoms with Gasteiger partial charge in [-0.05, 0) is 25.8 Å². The molecule has 2 heterocycles. The number of carbonyl (C=O) groups is 1. The van der Waals surface area contributed by atoms with Crippen LogP contribution >= 0.6 is 0 Å². The molecule has 2 aliphatic heterocycles. The first-order chi connectivity index (χ1) is 7.77. The molecule has 0 saturated carbocycles. The summed E-state index contributed by atoms with van der Waals surface area (Å²) in [7, 11) is 0. The largest absolute Gasteiger partial charge is 0.478 e. The fraction of sp³-hybridized carbons (Fsp3) is 0.750. The van der Waals surface area contributed by atoms with Gasteiger partial charge in [0.1, 0.15) is 0 Å². The molecule has 2 rings (SSSR count). The van der Waals surface area contributed by atoms with Crippen LogP contribution in [0.4, 0.5) is 0 Å². The van der Waals surface area contributed by atoms with Crippen molar-refractivity contribution < 1.29 is 9.90 Å². The maximum Gasteiger partial charge on any atom is 0.328 e. The van der Waals surface area contributed by atoms with E-state index in [9.17, 15) is 4.79 Å². The first-order valence-electron chi connectivity index (χ1n) is 6.14. The van der Waals surface area contributed by atoms with Crippen LogP contribution in [-0.2, 0) is 4.79 Å². The summed E-state index contributed by atoms with van der Waals surface area (Å²) in [6.45, 7) is 3.11. The van der Waals surface area contributed by atoms with Gasteiger partial charge >= 0.3 is 5.97 Å². The summed E-state index contributed by atoms with van der Waals surface area (Å²) in [4.78, 5) is 12.9. The molecule has 0 aromatic rings. The van der Waals surface area contributed by atoms with E-state index < -0.39 is 5.97 Å². The molecule has 0 aliphatic carbocycles. The molecule has 4 nitrogen and oxygen atoms in total. The number of rotatable bonds is 4. The molecule has 90 valence electrons. The summed E-state index contributed by atoms with van der Waals surface area (Å²) in [6, 6.07) is 1.24. The summed E-state index contributed by atoms with van der Waals surface area (Å²) in [5.41, 5.74) is 0. The molecule has 0 spiro atoms. The van der Waals surface area contributed by atoms with E-state index in [0.717, 1.165) is 0 Å². The van der Waals surface area contributed by atoms with Crippen LogP contribution in [0.5, 0.6) is 0 Å². The minimum Gasteiger partial charge on any atom is -0.478 e. The third-order valence-electron chi connectivity index (χ3n) is 3.61. The van der Waals surface area contributed by atoms with E-state index in [2.05, 4.69) is 10.2 Å². The van der Waals surface area contributed by atoms with Crippen LogP contribution in [0.1, 0.15) is 25.7 Å². The van der Waals surface area contributed by atoms with E-state index >= 15 is 0 Å². The first kappa shape index (κ1) is 11.6. The lowest BCUT2D eigenvalue weighted by Gasteiger charge is -2.32. The number of aliphatic carboxylic acids is 1. The Morgan fingerprint density at radius 2 is 2.25 bits per heavy atom. The van der Waals surface area contributed by atoms with Gasteiger partial charge in [-0.3, -0.25) is 4.90 Å². The lowest BCUT2D eigenvalue weighted by atomic mass is 9.99. The smallest absolute Gasteiger partial charge is 0.328 e. The van der Waals surface area contributed by atoms with E-state index in [4.69, 9.17) is 5.11 Å². The van der Waals surface area contributed by atoms with Crippen LogP contribution < -0.4 is 5.32 Å². The number of carboxylic acids is 1. The Bertz CT molecular complexity index is 278. The number of nitrogens with zero attached hydrogens (tertiary/aromatic N) is 1. The predicted octanol–water partition coefficient (Wildman–Crippen LogP) is 0.844. The van der Waals surface area contributed by atoms with Gasteiger partial charge in [0.2, 0.25) is 0 Å². The van der Waals surface area contributed by atoms with Crippen molar-refractivity contribution in [3.05, 3.63) is 12.2 Å². The number of nitrogens with one attached hydrogen (secondary N) is 1. The topological polar surface area (TPSA) is 52.6 Å². The number of hydrogen-bond donors (Lipinski definition) is 2. The Kier molecular flexibility index (Phi) is 3.96. The minimum atomic E-state index is -0.868. The number of carboxylic acid groups (broad SMARTS) is 1. The van der Waals surface area contributed by atoms with Crippen LogP contribution in [0, 0.1) is 0 Å². The summed E-state index contributed by atoms with van der Waals surface area (Å²) >= 11 is 0. The van der Waals surface area contributed by atoms with E-state index in [1.807, 2.05) is 0 Å². The van der Waals surface area contributed by atoms with Crippen molar-refractivity contribution in [3.63, 3.8) is 0 Å². The highest BCUT2D eigenvalue weighted by Gasteiger charge is 2.34. The Balaban J connectivity index is 1.75. The quantitative estimate of drug-likeness (QED) is 0.695.